The lowest BCUT2D eigenvalue weighted by Crippen LogP contribution is -2.32. The van der Waals surface area contributed by atoms with E-state index in [-0.39, 0.29) is 10.6 Å². The largest absolute Gasteiger partial charge is 0.306 e. The maximum Gasteiger partial charge on any atom is 0.269 e. The first kappa shape index (κ1) is 16.5. The Kier molecular flexibility index (Phi) is 4.50. The van der Waals surface area contributed by atoms with Gasteiger partial charge in [-0.1, -0.05) is 18.2 Å². The van der Waals surface area contributed by atoms with Crippen molar-refractivity contribution in [3.8, 4) is 5.69 Å². The SMILES string of the molecule is O=[N+]([O-])c1ccc(CCN2CCc3ccc(-n4ccnc4)cc3C2)cc1. The maximum absolute atomic E-state index is 10.7. The smallest absolute Gasteiger partial charge is 0.269 e. The van der Waals surface area contributed by atoms with Gasteiger partial charge in [0.25, 0.3) is 5.69 Å². The number of non-ortho nitro benzene ring substituents is 1. The number of rotatable bonds is 5. The minimum Gasteiger partial charge on any atom is -0.306 e. The van der Waals surface area contributed by atoms with Gasteiger partial charge in [-0.3, -0.25) is 15.0 Å². The predicted molar refractivity (Wildman–Crippen MR) is 99.3 cm³/mol. The summed E-state index contributed by atoms with van der Waals surface area (Å²) in [5, 5.41) is 10.7. The lowest BCUT2D eigenvalue weighted by Gasteiger charge is -2.29. The third-order valence-corrected chi connectivity index (χ3v) is 4.95. The zero-order valence-corrected chi connectivity index (χ0v) is 14.4. The number of nitro groups is 1. The average molecular weight is 348 g/mol. The molecule has 132 valence electrons. The van der Waals surface area contributed by atoms with Crippen LogP contribution in [0.5, 0.6) is 0 Å². The second-order valence-electron chi connectivity index (χ2n) is 6.62. The molecule has 1 aromatic heterocycles. The van der Waals surface area contributed by atoms with Gasteiger partial charge in [-0.05, 0) is 41.7 Å². The Morgan fingerprint density at radius 3 is 2.69 bits per heavy atom. The van der Waals surface area contributed by atoms with Crippen molar-refractivity contribution in [1.29, 1.82) is 0 Å². The molecule has 6 heteroatoms. The third kappa shape index (κ3) is 3.50. The van der Waals surface area contributed by atoms with Crippen LogP contribution in [0.25, 0.3) is 5.69 Å². The lowest BCUT2D eigenvalue weighted by atomic mass is 9.98. The highest BCUT2D eigenvalue weighted by molar-refractivity contribution is 5.42. The Hall–Kier alpha value is -2.99. The van der Waals surface area contributed by atoms with Gasteiger partial charge in [-0.2, -0.15) is 0 Å². The monoisotopic (exact) mass is 348 g/mol. The van der Waals surface area contributed by atoms with E-state index in [1.165, 1.54) is 11.1 Å². The van der Waals surface area contributed by atoms with Crippen molar-refractivity contribution in [2.45, 2.75) is 19.4 Å². The van der Waals surface area contributed by atoms with Crippen LogP contribution in [0.1, 0.15) is 16.7 Å². The molecule has 0 saturated carbocycles. The number of hydrogen-bond donors (Lipinski definition) is 0. The van der Waals surface area contributed by atoms with Crippen LogP contribution in [-0.4, -0.2) is 32.5 Å². The van der Waals surface area contributed by atoms with Gasteiger partial charge in [0.15, 0.2) is 0 Å². The Balaban J connectivity index is 1.41. The number of fused-ring (bicyclic) bond motifs is 1. The van der Waals surface area contributed by atoms with Gasteiger partial charge in [-0.25, -0.2) is 4.98 Å². The Morgan fingerprint density at radius 2 is 1.96 bits per heavy atom. The molecule has 2 aromatic carbocycles. The Morgan fingerprint density at radius 1 is 1.12 bits per heavy atom. The molecule has 2 heterocycles. The molecule has 1 aliphatic rings. The van der Waals surface area contributed by atoms with Gasteiger partial charge in [0, 0.05) is 49.8 Å². The molecule has 0 bridgehead atoms. The van der Waals surface area contributed by atoms with Crippen LogP contribution >= 0.6 is 0 Å². The van der Waals surface area contributed by atoms with Crippen LogP contribution in [0.2, 0.25) is 0 Å². The summed E-state index contributed by atoms with van der Waals surface area (Å²) in [4.78, 5) is 16.9. The van der Waals surface area contributed by atoms with Crippen LogP contribution in [0.4, 0.5) is 5.69 Å². The minimum atomic E-state index is -0.358. The molecule has 26 heavy (non-hydrogen) atoms. The molecule has 1 aliphatic heterocycles. The van der Waals surface area contributed by atoms with E-state index >= 15 is 0 Å². The third-order valence-electron chi connectivity index (χ3n) is 4.95. The van der Waals surface area contributed by atoms with Crippen molar-refractivity contribution < 1.29 is 4.92 Å². The van der Waals surface area contributed by atoms with E-state index in [2.05, 4.69) is 28.1 Å². The summed E-state index contributed by atoms with van der Waals surface area (Å²) in [6.07, 6.45) is 7.51. The molecule has 0 fully saturated rings. The summed E-state index contributed by atoms with van der Waals surface area (Å²) in [6, 6.07) is 13.5. The molecule has 0 saturated heterocycles. The van der Waals surface area contributed by atoms with Gasteiger partial charge in [0.2, 0.25) is 0 Å². The van der Waals surface area contributed by atoms with Crippen molar-refractivity contribution in [2.24, 2.45) is 0 Å². The predicted octanol–water partition coefficient (Wildman–Crippen LogP) is 3.38. The van der Waals surface area contributed by atoms with E-state index in [9.17, 15) is 10.1 Å². The van der Waals surface area contributed by atoms with Crippen molar-refractivity contribution in [3.63, 3.8) is 0 Å². The van der Waals surface area contributed by atoms with E-state index in [0.717, 1.165) is 43.7 Å². The van der Waals surface area contributed by atoms with Gasteiger partial charge in [0.1, 0.15) is 0 Å². The fraction of sp³-hybridized carbons (Fsp3) is 0.250. The number of nitro benzene ring substituents is 1. The first-order valence-electron chi connectivity index (χ1n) is 8.75. The summed E-state index contributed by atoms with van der Waals surface area (Å²) in [7, 11) is 0. The molecule has 3 aromatic rings. The molecule has 0 amide bonds. The fourth-order valence-corrected chi connectivity index (χ4v) is 3.44. The molecule has 4 rings (SSSR count). The van der Waals surface area contributed by atoms with Crippen molar-refractivity contribution in [1.82, 2.24) is 14.5 Å². The topological polar surface area (TPSA) is 64.2 Å². The Bertz CT molecular complexity index is 904. The Labute approximate surface area is 151 Å². The zero-order valence-electron chi connectivity index (χ0n) is 14.4. The van der Waals surface area contributed by atoms with Crippen molar-refractivity contribution in [3.05, 3.63) is 88.0 Å². The number of imidazole rings is 1. The number of hydrogen-bond acceptors (Lipinski definition) is 4. The molecule has 0 unspecified atom stereocenters. The van der Waals surface area contributed by atoms with Crippen LogP contribution in [0, 0.1) is 10.1 Å². The van der Waals surface area contributed by atoms with E-state index in [0.29, 0.717) is 0 Å². The van der Waals surface area contributed by atoms with Crippen molar-refractivity contribution >= 4 is 5.69 Å². The van der Waals surface area contributed by atoms with E-state index in [1.807, 2.05) is 29.2 Å². The summed E-state index contributed by atoms with van der Waals surface area (Å²) >= 11 is 0. The average Bonchev–Trinajstić information content (AvgIpc) is 3.21. The molecule has 0 radical (unpaired) electrons. The number of aromatic nitrogens is 2. The standard InChI is InChI=1S/C20H20N4O2/c25-24(26)19-4-1-16(2-5-19)7-10-22-11-8-17-3-6-20(13-18(17)14-22)23-12-9-21-15-23/h1-6,9,12-13,15H,7-8,10-11,14H2. The van der Waals surface area contributed by atoms with Crippen LogP contribution in [-0.2, 0) is 19.4 Å². The molecule has 6 nitrogen and oxygen atoms in total. The second-order valence-corrected chi connectivity index (χ2v) is 6.62. The van der Waals surface area contributed by atoms with Crippen LogP contribution < -0.4 is 0 Å². The first-order chi connectivity index (χ1) is 12.7. The normalized spacial score (nSPS) is 14.2. The number of benzene rings is 2. The van der Waals surface area contributed by atoms with Gasteiger partial charge < -0.3 is 4.57 Å². The quantitative estimate of drug-likeness (QED) is 0.524. The summed E-state index contributed by atoms with van der Waals surface area (Å²) in [5.41, 5.74) is 5.20. The van der Waals surface area contributed by atoms with Crippen LogP contribution in [0.15, 0.2) is 61.2 Å². The van der Waals surface area contributed by atoms with Gasteiger partial charge in [-0.15, -0.1) is 0 Å². The van der Waals surface area contributed by atoms with Crippen LogP contribution in [0.3, 0.4) is 0 Å². The van der Waals surface area contributed by atoms with Crippen molar-refractivity contribution in [2.75, 3.05) is 13.1 Å². The van der Waals surface area contributed by atoms with E-state index in [1.54, 1.807) is 18.3 Å². The second kappa shape index (κ2) is 7.09. The lowest BCUT2D eigenvalue weighted by molar-refractivity contribution is -0.384. The molecular weight excluding hydrogens is 328 g/mol. The maximum atomic E-state index is 10.7. The molecular formula is C20H20N4O2. The number of nitrogens with zero attached hydrogens (tertiary/aromatic N) is 4. The highest BCUT2D eigenvalue weighted by Gasteiger charge is 2.17. The molecule has 0 aliphatic carbocycles. The summed E-state index contributed by atoms with van der Waals surface area (Å²) in [5.74, 6) is 0. The van der Waals surface area contributed by atoms with E-state index < -0.39 is 0 Å². The highest BCUT2D eigenvalue weighted by Crippen LogP contribution is 2.22. The minimum absolute atomic E-state index is 0.146. The zero-order chi connectivity index (χ0) is 17.9. The molecule has 0 atom stereocenters. The first-order valence-corrected chi connectivity index (χ1v) is 8.75. The van der Waals surface area contributed by atoms with Gasteiger partial charge >= 0.3 is 0 Å². The molecule has 0 spiro atoms. The molecule has 0 N–H and O–H groups in total. The summed E-state index contributed by atoms with van der Waals surface area (Å²) < 4.78 is 2.02. The highest BCUT2D eigenvalue weighted by atomic mass is 16.6. The van der Waals surface area contributed by atoms with E-state index in [4.69, 9.17) is 0 Å². The van der Waals surface area contributed by atoms with Gasteiger partial charge in [0.05, 0.1) is 11.3 Å². The fourth-order valence-electron chi connectivity index (χ4n) is 3.44. The summed E-state index contributed by atoms with van der Waals surface area (Å²) in [6.45, 7) is 2.93.